The average Bonchev–Trinajstić information content (AvgIpc) is 2.60. The van der Waals surface area contributed by atoms with Crippen molar-refractivity contribution < 1.29 is 19.1 Å². The lowest BCUT2D eigenvalue weighted by Crippen LogP contribution is -2.41. The smallest absolute Gasteiger partial charge is 0.273 e. The van der Waals surface area contributed by atoms with Crippen molar-refractivity contribution in [3.05, 3.63) is 59.7 Å². The second-order valence-electron chi connectivity index (χ2n) is 4.54. The lowest BCUT2D eigenvalue weighted by Gasteiger charge is -2.12. The van der Waals surface area contributed by atoms with Gasteiger partial charge < -0.3 is 9.47 Å². The van der Waals surface area contributed by atoms with Gasteiger partial charge in [-0.3, -0.25) is 20.4 Å². The largest absolute Gasteiger partial charge is 0.496 e. The third kappa shape index (κ3) is 4.00. The number of carbonyl (C=O) groups excluding carboxylic acids is 2. The number of hydrazine groups is 1. The van der Waals surface area contributed by atoms with E-state index in [1.807, 2.05) is 6.92 Å². The van der Waals surface area contributed by atoms with E-state index in [0.717, 1.165) is 0 Å². The highest BCUT2D eigenvalue weighted by atomic mass is 16.5. The predicted octanol–water partition coefficient (Wildman–Crippen LogP) is 2.17. The fraction of sp³-hybridized carbons (Fsp3) is 0.176. The van der Waals surface area contributed by atoms with Gasteiger partial charge in [0.2, 0.25) is 0 Å². The Morgan fingerprint density at radius 1 is 0.870 bits per heavy atom. The lowest BCUT2D eigenvalue weighted by molar-refractivity contribution is 0.0842. The number of benzene rings is 2. The first-order valence-electron chi connectivity index (χ1n) is 7.13. The average molecular weight is 314 g/mol. The first-order chi connectivity index (χ1) is 11.2. The van der Waals surface area contributed by atoms with Crippen molar-refractivity contribution >= 4 is 11.8 Å². The highest BCUT2D eigenvalue weighted by Gasteiger charge is 2.15. The van der Waals surface area contributed by atoms with Gasteiger partial charge in [0.15, 0.2) is 0 Å². The van der Waals surface area contributed by atoms with Crippen molar-refractivity contribution in [2.75, 3.05) is 13.7 Å². The summed E-state index contributed by atoms with van der Waals surface area (Å²) in [5.41, 5.74) is 5.41. The van der Waals surface area contributed by atoms with Gasteiger partial charge in [-0.1, -0.05) is 24.3 Å². The summed E-state index contributed by atoms with van der Waals surface area (Å²) in [5, 5.41) is 0. The van der Waals surface area contributed by atoms with Gasteiger partial charge in [-0.05, 0) is 31.2 Å². The molecule has 0 saturated carbocycles. The maximum atomic E-state index is 12.2. The Balaban J connectivity index is 2.06. The molecular formula is C17H18N2O4. The summed E-state index contributed by atoms with van der Waals surface area (Å²) in [7, 11) is 1.48. The highest BCUT2D eigenvalue weighted by Crippen LogP contribution is 2.18. The highest BCUT2D eigenvalue weighted by molar-refractivity contribution is 6.01. The molecule has 0 aliphatic rings. The molecule has 0 aromatic heterocycles. The molecule has 0 spiro atoms. The van der Waals surface area contributed by atoms with E-state index in [4.69, 9.17) is 9.47 Å². The van der Waals surface area contributed by atoms with Crippen LogP contribution in [0, 0.1) is 0 Å². The number of hydrogen-bond acceptors (Lipinski definition) is 4. The number of rotatable bonds is 5. The molecule has 0 aliphatic carbocycles. The summed E-state index contributed by atoms with van der Waals surface area (Å²) in [6, 6.07) is 13.6. The molecule has 2 N–H and O–H groups in total. The second-order valence-corrected chi connectivity index (χ2v) is 4.54. The Kier molecular flexibility index (Phi) is 5.57. The van der Waals surface area contributed by atoms with Crippen molar-refractivity contribution in [2.45, 2.75) is 6.92 Å². The summed E-state index contributed by atoms with van der Waals surface area (Å²) < 4.78 is 10.5. The minimum atomic E-state index is -0.468. The molecule has 6 nitrogen and oxygen atoms in total. The Morgan fingerprint density at radius 3 is 1.87 bits per heavy atom. The van der Waals surface area contributed by atoms with Gasteiger partial charge in [-0.25, -0.2) is 0 Å². The summed E-state index contributed by atoms with van der Waals surface area (Å²) in [6.07, 6.45) is 0. The van der Waals surface area contributed by atoms with Crippen molar-refractivity contribution in [1.29, 1.82) is 0 Å². The zero-order valence-corrected chi connectivity index (χ0v) is 13.0. The summed E-state index contributed by atoms with van der Waals surface area (Å²) in [6.45, 7) is 2.27. The van der Waals surface area contributed by atoms with Crippen molar-refractivity contribution in [2.24, 2.45) is 0 Å². The summed E-state index contributed by atoms with van der Waals surface area (Å²) >= 11 is 0. The molecule has 23 heavy (non-hydrogen) atoms. The predicted molar refractivity (Wildman–Crippen MR) is 85.5 cm³/mol. The van der Waals surface area contributed by atoms with E-state index in [1.54, 1.807) is 48.5 Å². The normalized spacial score (nSPS) is 9.83. The van der Waals surface area contributed by atoms with Gasteiger partial charge in [-0.2, -0.15) is 0 Å². The first-order valence-corrected chi connectivity index (χ1v) is 7.13. The Bertz CT molecular complexity index is 700. The summed E-state index contributed by atoms with van der Waals surface area (Å²) in [5.74, 6) is -0.0463. The molecule has 0 unspecified atom stereocenters. The number of hydrogen-bond donors (Lipinski definition) is 2. The molecule has 6 heteroatoms. The van der Waals surface area contributed by atoms with Crippen molar-refractivity contribution in [3.8, 4) is 11.5 Å². The Labute approximate surface area is 134 Å². The molecule has 0 saturated heterocycles. The van der Waals surface area contributed by atoms with Gasteiger partial charge in [0.25, 0.3) is 11.8 Å². The van der Waals surface area contributed by atoms with Crippen LogP contribution in [-0.2, 0) is 0 Å². The van der Waals surface area contributed by atoms with Gasteiger partial charge in [0.05, 0.1) is 24.8 Å². The van der Waals surface area contributed by atoms with Crippen LogP contribution in [-0.4, -0.2) is 25.5 Å². The van der Waals surface area contributed by atoms with E-state index >= 15 is 0 Å². The Hall–Kier alpha value is -3.02. The third-order valence-electron chi connectivity index (χ3n) is 3.07. The second kappa shape index (κ2) is 7.84. The number of carbonyl (C=O) groups is 2. The SMILES string of the molecule is CCOc1ccccc1C(=O)NNC(=O)c1ccccc1OC. The van der Waals surface area contributed by atoms with E-state index < -0.39 is 11.8 Å². The lowest BCUT2D eigenvalue weighted by atomic mass is 10.2. The van der Waals surface area contributed by atoms with Gasteiger partial charge >= 0.3 is 0 Å². The monoisotopic (exact) mass is 314 g/mol. The molecule has 120 valence electrons. The number of methoxy groups -OCH3 is 1. The molecule has 2 aromatic carbocycles. The molecule has 0 radical (unpaired) electrons. The molecule has 0 heterocycles. The van der Waals surface area contributed by atoms with E-state index in [2.05, 4.69) is 10.9 Å². The van der Waals surface area contributed by atoms with Crippen LogP contribution < -0.4 is 20.3 Å². The third-order valence-corrected chi connectivity index (χ3v) is 3.07. The molecule has 2 rings (SSSR count). The molecule has 0 atom stereocenters. The van der Waals surface area contributed by atoms with Crippen LogP contribution in [0.5, 0.6) is 11.5 Å². The minimum absolute atomic E-state index is 0.327. The molecule has 0 fully saturated rings. The fourth-order valence-electron chi connectivity index (χ4n) is 2.02. The number of amides is 2. The maximum Gasteiger partial charge on any atom is 0.273 e. The van der Waals surface area contributed by atoms with Crippen molar-refractivity contribution in [3.63, 3.8) is 0 Å². The van der Waals surface area contributed by atoms with Crippen LogP contribution >= 0.6 is 0 Å². The molecule has 2 amide bonds. The molecule has 0 aliphatic heterocycles. The minimum Gasteiger partial charge on any atom is -0.496 e. The van der Waals surface area contributed by atoms with Crippen LogP contribution in [0.3, 0.4) is 0 Å². The maximum absolute atomic E-state index is 12.2. The zero-order chi connectivity index (χ0) is 16.7. The van der Waals surface area contributed by atoms with E-state index in [1.165, 1.54) is 7.11 Å². The van der Waals surface area contributed by atoms with Crippen LogP contribution in [0.2, 0.25) is 0 Å². The summed E-state index contributed by atoms with van der Waals surface area (Å²) in [4.78, 5) is 24.3. The topological polar surface area (TPSA) is 76.7 Å². The van der Waals surface area contributed by atoms with Gasteiger partial charge in [-0.15, -0.1) is 0 Å². The van der Waals surface area contributed by atoms with E-state index in [-0.39, 0.29) is 0 Å². The van der Waals surface area contributed by atoms with Gasteiger partial charge in [0, 0.05) is 0 Å². The molecular weight excluding hydrogens is 296 g/mol. The van der Waals surface area contributed by atoms with Gasteiger partial charge in [0.1, 0.15) is 11.5 Å². The number of ether oxygens (including phenoxy) is 2. The standard InChI is InChI=1S/C17H18N2O4/c1-3-23-15-11-7-5-9-13(15)17(21)19-18-16(20)12-8-4-6-10-14(12)22-2/h4-11H,3H2,1-2H3,(H,18,20)(H,19,21). The quantitative estimate of drug-likeness (QED) is 0.829. The number of para-hydroxylation sites is 2. The van der Waals surface area contributed by atoms with E-state index in [0.29, 0.717) is 29.2 Å². The van der Waals surface area contributed by atoms with E-state index in [9.17, 15) is 9.59 Å². The van der Waals surface area contributed by atoms with Crippen LogP contribution in [0.4, 0.5) is 0 Å². The molecule has 2 aromatic rings. The zero-order valence-electron chi connectivity index (χ0n) is 13.0. The van der Waals surface area contributed by atoms with Crippen LogP contribution in [0.1, 0.15) is 27.6 Å². The van der Waals surface area contributed by atoms with Crippen LogP contribution in [0.25, 0.3) is 0 Å². The van der Waals surface area contributed by atoms with Crippen LogP contribution in [0.15, 0.2) is 48.5 Å². The number of nitrogens with one attached hydrogen (secondary N) is 2. The molecule has 0 bridgehead atoms. The fourth-order valence-corrected chi connectivity index (χ4v) is 2.02. The van der Waals surface area contributed by atoms with Crippen molar-refractivity contribution in [1.82, 2.24) is 10.9 Å². The Morgan fingerprint density at radius 2 is 1.35 bits per heavy atom. The first kappa shape index (κ1) is 16.4.